The molecule has 3 heterocycles. The maximum Gasteiger partial charge on any atom is 0.259 e. The van der Waals surface area contributed by atoms with Gasteiger partial charge >= 0.3 is 0 Å². The standard InChI is InChI=1S/C17H22N6OS/c1-12(2)10-23-7-5-14(6-8-23)20-15-4-3-13(9-18-15)16(24)21-17-22-19-11-25-17/h3-4,9,11,14H,1,5-8,10H2,2H3,(H,18,20)(H,21,22,24). The van der Waals surface area contributed by atoms with E-state index < -0.39 is 0 Å². The van der Waals surface area contributed by atoms with Crippen LogP contribution in [0.3, 0.4) is 0 Å². The molecule has 1 aliphatic heterocycles. The van der Waals surface area contributed by atoms with Crippen molar-refractivity contribution < 1.29 is 4.79 Å². The number of anilines is 2. The molecule has 2 aromatic rings. The van der Waals surface area contributed by atoms with Crippen LogP contribution in [0.15, 0.2) is 36.0 Å². The first-order valence-electron chi connectivity index (χ1n) is 8.27. The van der Waals surface area contributed by atoms with Crippen molar-refractivity contribution in [1.29, 1.82) is 0 Å². The molecule has 7 nitrogen and oxygen atoms in total. The smallest absolute Gasteiger partial charge is 0.259 e. The molecule has 0 radical (unpaired) electrons. The minimum absolute atomic E-state index is 0.232. The van der Waals surface area contributed by atoms with Crippen molar-refractivity contribution in [3.05, 3.63) is 41.6 Å². The molecule has 1 amide bonds. The Kier molecular flexibility index (Phi) is 5.72. The van der Waals surface area contributed by atoms with Crippen molar-refractivity contribution in [3.63, 3.8) is 0 Å². The van der Waals surface area contributed by atoms with Crippen molar-refractivity contribution in [2.75, 3.05) is 30.3 Å². The number of hydrogen-bond donors (Lipinski definition) is 2. The van der Waals surface area contributed by atoms with E-state index in [1.165, 1.54) is 16.9 Å². The lowest BCUT2D eigenvalue weighted by molar-refractivity contribution is 0.102. The predicted molar refractivity (Wildman–Crippen MR) is 100.0 cm³/mol. The summed E-state index contributed by atoms with van der Waals surface area (Å²) < 4.78 is 0. The number of carbonyl (C=O) groups excluding carboxylic acids is 1. The number of rotatable bonds is 6. The second kappa shape index (κ2) is 8.17. The lowest BCUT2D eigenvalue weighted by Crippen LogP contribution is -2.39. The highest BCUT2D eigenvalue weighted by molar-refractivity contribution is 7.13. The van der Waals surface area contributed by atoms with Crippen LogP contribution in [-0.2, 0) is 0 Å². The van der Waals surface area contributed by atoms with Crippen molar-refractivity contribution in [1.82, 2.24) is 20.1 Å². The van der Waals surface area contributed by atoms with Gasteiger partial charge in [0.05, 0.1) is 5.56 Å². The van der Waals surface area contributed by atoms with Gasteiger partial charge in [-0.05, 0) is 31.9 Å². The summed E-state index contributed by atoms with van der Waals surface area (Å²) in [5.74, 6) is 0.565. The molecule has 8 heteroatoms. The third-order valence-electron chi connectivity index (χ3n) is 4.04. The number of nitrogens with zero attached hydrogens (tertiary/aromatic N) is 4. The largest absolute Gasteiger partial charge is 0.367 e. The molecule has 25 heavy (non-hydrogen) atoms. The van der Waals surface area contributed by atoms with Crippen LogP contribution in [0.2, 0.25) is 0 Å². The summed E-state index contributed by atoms with van der Waals surface area (Å²) >= 11 is 1.28. The zero-order chi connectivity index (χ0) is 17.6. The van der Waals surface area contributed by atoms with Gasteiger partial charge in [0.2, 0.25) is 5.13 Å². The lowest BCUT2D eigenvalue weighted by atomic mass is 10.0. The molecular formula is C17H22N6OS. The number of likely N-dealkylation sites (tertiary alicyclic amines) is 1. The van der Waals surface area contributed by atoms with Crippen molar-refractivity contribution >= 4 is 28.2 Å². The Morgan fingerprint density at radius 2 is 2.20 bits per heavy atom. The van der Waals surface area contributed by atoms with E-state index in [0.29, 0.717) is 16.7 Å². The van der Waals surface area contributed by atoms with Gasteiger partial charge in [0.1, 0.15) is 11.3 Å². The van der Waals surface area contributed by atoms with E-state index in [0.717, 1.165) is 38.3 Å². The molecule has 3 rings (SSSR count). The first kappa shape index (κ1) is 17.5. The Labute approximate surface area is 151 Å². The van der Waals surface area contributed by atoms with E-state index in [2.05, 4.69) is 44.2 Å². The molecule has 0 atom stereocenters. The van der Waals surface area contributed by atoms with Gasteiger partial charge < -0.3 is 5.32 Å². The monoisotopic (exact) mass is 358 g/mol. The first-order valence-corrected chi connectivity index (χ1v) is 9.15. The number of aromatic nitrogens is 3. The van der Waals surface area contributed by atoms with Gasteiger partial charge in [-0.2, -0.15) is 0 Å². The van der Waals surface area contributed by atoms with Crippen LogP contribution < -0.4 is 10.6 Å². The summed E-state index contributed by atoms with van der Waals surface area (Å²) in [5.41, 5.74) is 3.27. The Hall–Kier alpha value is -2.32. The van der Waals surface area contributed by atoms with E-state index in [1.807, 2.05) is 6.07 Å². The van der Waals surface area contributed by atoms with Gasteiger partial charge in [-0.3, -0.25) is 15.0 Å². The fourth-order valence-electron chi connectivity index (χ4n) is 2.84. The molecule has 0 saturated carbocycles. The number of hydrogen-bond acceptors (Lipinski definition) is 7. The Morgan fingerprint density at radius 1 is 1.40 bits per heavy atom. The van der Waals surface area contributed by atoms with Crippen LogP contribution in [0.25, 0.3) is 0 Å². The number of pyridine rings is 1. The first-order chi connectivity index (χ1) is 12.1. The summed E-state index contributed by atoms with van der Waals surface area (Å²) in [7, 11) is 0. The molecule has 2 aromatic heterocycles. The summed E-state index contributed by atoms with van der Waals surface area (Å²) in [4.78, 5) is 18.9. The maximum absolute atomic E-state index is 12.1. The number of nitrogens with one attached hydrogen (secondary N) is 2. The van der Waals surface area contributed by atoms with Gasteiger partial charge in [0.25, 0.3) is 5.91 Å². The van der Waals surface area contributed by atoms with Crippen LogP contribution >= 0.6 is 11.3 Å². The SMILES string of the molecule is C=C(C)CN1CCC(Nc2ccc(C(=O)Nc3nncs3)cn2)CC1. The summed E-state index contributed by atoms with van der Waals surface area (Å²) in [5, 5.41) is 14.1. The Balaban J connectivity index is 1.49. The molecule has 0 bridgehead atoms. The molecule has 1 fully saturated rings. The zero-order valence-corrected chi connectivity index (χ0v) is 15.1. The molecule has 1 aliphatic rings. The van der Waals surface area contributed by atoms with Gasteiger partial charge in [-0.1, -0.05) is 23.5 Å². The third-order valence-corrected chi connectivity index (χ3v) is 4.65. The summed E-state index contributed by atoms with van der Waals surface area (Å²) in [6, 6.07) is 4.02. The van der Waals surface area contributed by atoms with E-state index in [4.69, 9.17) is 0 Å². The van der Waals surface area contributed by atoms with E-state index in [-0.39, 0.29) is 5.91 Å². The maximum atomic E-state index is 12.1. The van der Waals surface area contributed by atoms with Crippen LogP contribution in [0.4, 0.5) is 10.9 Å². The molecule has 2 N–H and O–H groups in total. The molecule has 0 spiro atoms. The van der Waals surface area contributed by atoms with Gasteiger partial charge in [0, 0.05) is 31.9 Å². The fraction of sp³-hybridized carbons (Fsp3) is 0.412. The molecular weight excluding hydrogens is 336 g/mol. The summed E-state index contributed by atoms with van der Waals surface area (Å²) in [6.45, 7) is 9.14. The van der Waals surface area contributed by atoms with Crippen LogP contribution in [0.1, 0.15) is 30.1 Å². The normalized spacial score (nSPS) is 15.7. The highest BCUT2D eigenvalue weighted by Crippen LogP contribution is 2.17. The van der Waals surface area contributed by atoms with Gasteiger partial charge in [0.15, 0.2) is 0 Å². The third kappa shape index (κ3) is 5.07. The van der Waals surface area contributed by atoms with Crippen molar-refractivity contribution in [2.24, 2.45) is 0 Å². The highest BCUT2D eigenvalue weighted by atomic mass is 32.1. The van der Waals surface area contributed by atoms with Crippen LogP contribution in [-0.4, -0.2) is 51.7 Å². The average molecular weight is 358 g/mol. The number of amides is 1. The van der Waals surface area contributed by atoms with Crippen molar-refractivity contribution in [3.8, 4) is 0 Å². The van der Waals surface area contributed by atoms with Gasteiger partial charge in [-0.15, -0.1) is 10.2 Å². The molecule has 1 saturated heterocycles. The predicted octanol–water partition coefficient (Wildman–Crippen LogP) is 2.64. The number of piperidine rings is 1. The van der Waals surface area contributed by atoms with E-state index in [9.17, 15) is 4.79 Å². The summed E-state index contributed by atoms with van der Waals surface area (Å²) in [6.07, 6.45) is 3.73. The average Bonchev–Trinajstić information content (AvgIpc) is 3.10. The second-order valence-corrected chi connectivity index (χ2v) is 7.12. The molecule has 132 valence electrons. The lowest BCUT2D eigenvalue weighted by Gasteiger charge is -2.32. The molecule has 0 aliphatic carbocycles. The quantitative estimate of drug-likeness (QED) is 0.773. The molecule has 0 unspecified atom stereocenters. The van der Waals surface area contributed by atoms with Crippen LogP contribution in [0, 0.1) is 0 Å². The van der Waals surface area contributed by atoms with E-state index in [1.54, 1.807) is 17.8 Å². The Morgan fingerprint density at radius 3 is 2.80 bits per heavy atom. The fourth-order valence-corrected chi connectivity index (χ4v) is 3.28. The van der Waals surface area contributed by atoms with Crippen molar-refractivity contribution in [2.45, 2.75) is 25.8 Å². The zero-order valence-electron chi connectivity index (χ0n) is 14.2. The highest BCUT2D eigenvalue weighted by Gasteiger charge is 2.19. The Bertz CT molecular complexity index is 707. The van der Waals surface area contributed by atoms with Gasteiger partial charge in [-0.25, -0.2) is 4.98 Å². The minimum atomic E-state index is -0.232. The second-order valence-electron chi connectivity index (χ2n) is 6.28. The van der Waals surface area contributed by atoms with E-state index >= 15 is 0 Å². The number of carbonyl (C=O) groups is 1. The minimum Gasteiger partial charge on any atom is -0.367 e. The molecule has 0 aromatic carbocycles. The van der Waals surface area contributed by atoms with Crippen LogP contribution in [0.5, 0.6) is 0 Å². The topological polar surface area (TPSA) is 83.0 Å².